The van der Waals surface area contributed by atoms with Crippen molar-refractivity contribution in [1.29, 1.82) is 0 Å². The number of halogens is 1. The molecule has 0 saturated heterocycles. The Morgan fingerprint density at radius 2 is 1.89 bits per heavy atom. The van der Waals surface area contributed by atoms with Crippen molar-refractivity contribution in [3.05, 3.63) is 75.2 Å². The first-order chi connectivity index (χ1) is 17.8. The van der Waals surface area contributed by atoms with E-state index in [0.717, 1.165) is 24.8 Å². The highest BCUT2D eigenvalue weighted by Gasteiger charge is 2.32. The summed E-state index contributed by atoms with van der Waals surface area (Å²) in [5.41, 5.74) is 1.75. The number of carbonyl (C=O) groups is 2. The Balaban J connectivity index is 1.48. The summed E-state index contributed by atoms with van der Waals surface area (Å²) in [5.74, 6) is 0.0205. The van der Waals surface area contributed by atoms with E-state index >= 15 is 0 Å². The second kappa shape index (κ2) is 10.0. The van der Waals surface area contributed by atoms with Gasteiger partial charge in [0.25, 0.3) is 5.56 Å². The van der Waals surface area contributed by atoms with Gasteiger partial charge >= 0.3 is 0 Å². The van der Waals surface area contributed by atoms with E-state index in [-0.39, 0.29) is 29.5 Å². The second-order valence-corrected chi connectivity index (χ2v) is 10.1. The Bertz CT molecular complexity index is 1540. The molecule has 2 aromatic carbocycles. The summed E-state index contributed by atoms with van der Waals surface area (Å²) < 4.78 is 7.17. The minimum atomic E-state index is -0.738. The highest BCUT2D eigenvalue weighted by Crippen LogP contribution is 2.35. The van der Waals surface area contributed by atoms with Gasteiger partial charge in [-0.1, -0.05) is 53.2 Å². The highest BCUT2D eigenvalue weighted by atomic mass is 35.5. The molecule has 3 atom stereocenters. The molecular formula is C28H29ClN4O4. The Hall–Kier alpha value is -3.65. The highest BCUT2D eigenvalue weighted by molar-refractivity contribution is 6.37. The standard InChI is InChI=1S/C28H29ClN4O4/c1-16-23-25(31-37-16)24-21(29)13-8-14-22(24)33(28(23)36)20-12-7-11-19(15-20)30-27(35)26(32(3)17(2)34)18-9-5-4-6-10-18/h4-6,8-10,13-14,19-20,26H,7,11-12,15H2,1-3H3,(H,30,35)/t19-,20-,26-/m0/s1. The van der Waals surface area contributed by atoms with Crippen molar-refractivity contribution in [3.63, 3.8) is 0 Å². The summed E-state index contributed by atoms with van der Waals surface area (Å²) in [6.07, 6.45) is 2.99. The van der Waals surface area contributed by atoms with Crippen LogP contribution in [0.3, 0.4) is 0 Å². The van der Waals surface area contributed by atoms with Crippen molar-refractivity contribution in [2.24, 2.45) is 0 Å². The summed E-state index contributed by atoms with van der Waals surface area (Å²) in [6, 6.07) is 13.7. The molecule has 2 amide bonds. The van der Waals surface area contributed by atoms with Gasteiger partial charge in [0.05, 0.1) is 10.5 Å². The molecule has 4 aromatic rings. The van der Waals surface area contributed by atoms with Crippen LogP contribution in [0.1, 0.15) is 56.0 Å². The molecule has 37 heavy (non-hydrogen) atoms. The topological polar surface area (TPSA) is 97.4 Å². The van der Waals surface area contributed by atoms with E-state index in [1.54, 1.807) is 24.6 Å². The minimum Gasteiger partial charge on any atom is -0.360 e. The largest absolute Gasteiger partial charge is 0.360 e. The fourth-order valence-corrected chi connectivity index (χ4v) is 5.77. The Morgan fingerprint density at radius 1 is 1.14 bits per heavy atom. The number of pyridine rings is 1. The minimum absolute atomic E-state index is 0.146. The zero-order valence-corrected chi connectivity index (χ0v) is 21.8. The monoisotopic (exact) mass is 520 g/mol. The van der Waals surface area contributed by atoms with E-state index in [2.05, 4.69) is 10.5 Å². The molecule has 0 spiro atoms. The Morgan fingerprint density at radius 3 is 2.62 bits per heavy atom. The lowest BCUT2D eigenvalue weighted by Gasteiger charge is -2.34. The zero-order chi connectivity index (χ0) is 26.3. The van der Waals surface area contributed by atoms with Crippen LogP contribution in [-0.2, 0) is 9.59 Å². The number of aromatic nitrogens is 2. The van der Waals surface area contributed by atoms with E-state index in [9.17, 15) is 14.4 Å². The molecule has 1 N–H and O–H groups in total. The molecule has 0 unspecified atom stereocenters. The molecule has 2 aromatic heterocycles. The van der Waals surface area contributed by atoms with Crippen LogP contribution < -0.4 is 10.9 Å². The van der Waals surface area contributed by atoms with Gasteiger partial charge in [-0.2, -0.15) is 0 Å². The molecule has 1 saturated carbocycles. The van der Waals surface area contributed by atoms with Gasteiger partial charge in [-0.15, -0.1) is 0 Å². The molecule has 5 rings (SSSR count). The third-order valence-corrected chi connectivity index (χ3v) is 7.70. The Labute approximate surface area is 219 Å². The van der Waals surface area contributed by atoms with Crippen LogP contribution >= 0.6 is 11.6 Å². The maximum Gasteiger partial charge on any atom is 0.264 e. The summed E-state index contributed by atoms with van der Waals surface area (Å²) in [4.78, 5) is 40.8. The quantitative estimate of drug-likeness (QED) is 0.402. The SMILES string of the molecule is CC(=O)N(C)[C@H](C(=O)N[C@H]1CCC[C@H](n2c(=O)c3c(C)onc3c3c(Cl)cccc32)C1)c1ccccc1. The number of rotatable bonds is 5. The number of hydrogen-bond acceptors (Lipinski definition) is 5. The lowest BCUT2D eigenvalue weighted by Crippen LogP contribution is -2.46. The van der Waals surface area contributed by atoms with Crippen LogP contribution in [-0.4, -0.2) is 39.5 Å². The smallest absolute Gasteiger partial charge is 0.264 e. The van der Waals surface area contributed by atoms with Gasteiger partial charge in [0.2, 0.25) is 11.8 Å². The van der Waals surface area contributed by atoms with Crippen LogP contribution in [0, 0.1) is 6.92 Å². The van der Waals surface area contributed by atoms with Gasteiger partial charge in [-0.25, -0.2) is 0 Å². The maximum absolute atomic E-state index is 13.7. The molecule has 1 aliphatic rings. The summed E-state index contributed by atoms with van der Waals surface area (Å²) in [7, 11) is 1.63. The average Bonchev–Trinajstić information content (AvgIpc) is 3.26. The number of benzene rings is 2. The van der Waals surface area contributed by atoms with Crippen LogP contribution in [0.15, 0.2) is 57.8 Å². The first-order valence-corrected chi connectivity index (χ1v) is 12.8. The number of nitrogens with zero attached hydrogens (tertiary/aromatic N) is 3. The molecule has 8 nitrogen and oxygen atoms in total. The molecule has 0 aliphatic heterocycles. The molecular weight excluding hydrogens is 492 g/mol. The lowest BCUT2D eigenvalue weighted by molar-refractivity contribution is -0.138. The summed E-state index contributed by atoms with van der Waals surface area (Å²) >= 11 is 6.57. The number of hydrogen-bond donors (Lipinski definition) is 1. The van der Waals surface area contributed by atoms with Crippen molar-refractivity contribution in [2.45, 2.75) is 57.7 Å². The van der Waals surface area contributed by atoms with Crippen LogP contribution in [0.2, 0.25) is 5.02 Å². The number of nitrogens with one attached hydrogen (secondary N) is 1. The molecule has 1 aliphatic carbocycles. The van der Waals surface area contributed by atoms with Crippen molar-refractivity contribution >= 4 is 45.2 Å². The number of likely N-dealkylation sites (N-methyl/N-ethyl adjacent to an activating group) is 1. The summed E-state index contributed by atoms with van der Waals surface area (Å²) in [5, 5.41) is 8.92. The lowest BCUT2D eigenvalue weighted by atomic mass is 9.89. The second-order valence-electron chi connectivity index (χ2n) is 9.74. The van der Waals surface area contributed by atoms with Gasteiger partial charge in [0.15, 0.2) is 0 Å². The molecule has 2 heterocycles. The number of aryl methyl sites for hydroxylation is 1. The number of carbonyl (C=O) groups excluding carboxylic acids is 2. The molecule has 192 valence electrons. The van der Waals surface area contributed by atoms with E-state index in [1.165, 1.54) is 11.8 Å². The van der Waals surface area contributed by atoms with Crippen molar-refractivity contribution in [1.82, 2.24) is 19.9 Å². The maximum atomic E-state index is 13.7. The van der Waals surface area contributed by atoms with Crippen molar-refractivity contribution < 1.29 is 14.1 Å². The van der Waals surface area contributed by atoms with Gasteiger partial charge in [0.1, 0.15) is 22.7 Å². The third-order valence-electron chi connectivity index (χ3n) is 7.39. The summed E-state index contributed by atoms with van der Waals surface area (Å²) in [6.45, 7) is 3.17. The van der Waals surface area contributed by atoms with Gasteiger partial charge in [0, 0.05) is 31.4 Å². The first-order valence-electron chi connectivity index (χ1n) is 12.4. The van der Waals surface area contributed by atoms with E-state index < -0.39 is 6.04 Å². The van der Waals surface area contributed by atoms with E-state index in [0.29, 0.717) is 39.0 Å². The first kappa shape index (κ1) is 25.0. The third kappa shape index (κ3) is 4.50. The number of amides is 2. The Kier molecular flexibility index (Phi) is 6.77. The molecule has 1 fully saturated rings. The van der Waals surface area contributed by atoms with Gasteiger partial charge in [-0.3, -0.25) is 14.4 Å². The average molecular weight is 521 g/mol. The zero-order valence-electron chi connectivity index (χ0n) is 21.0. The fraction of sp³-hybridized carbons (Fsp3) is 0.357. The van der Waals surface area contributed by atoms with Crippen LogP contribution in [0.25, 0.3) is 21.8 Å². The molecule has 9 heteroatoms. The normalized spacial score (nSPS) is 18.6. The number of fused-ring (bicyclic) bond motifs is 3. The van der Waals surface area contributed by atoms with E-state index in [1.807, 2.05) is 42.5 Å². The van der Waals surface area contributed by atoms with Gasteiger partial charge < -0.3 is 19.3 Å². The van der Waals surface area contributed by atoms with E-state index in [4.69, 9.17) is 16.1 Å². The predicted molar refractivity (Wildman–Crippen MR) is 143 cm³/mol. The molecule has 0 radical (unpaired) electrons. The van der Waals surface area contributed by atoms with Crippen LogP contribution in [0.5, 0.6) is 0 Å². The van der Waals surface area contributed by atoms with Gasteiger partial charge in [-0.05, 0) is 50.3 Å². The van der Waals surface area contributed by atoms with Crippen molar-refractivity contribution in [3.8, 4) is 0 Å². The molecule has 0 bridgehead atoms. The predicted octanol–water partition coefficient (Wildman–Crippen LogP) is 4.92. The fourth-order valence-electron chi connectivity index (χ4n) is 5.51. The van der Waals surface area contributed by atoms with Crippen LogP contribution in [0.4, 0.5) is 0 Å². The van der Waals surface area contributed by atoms with Crippen molar-refractivity contribution in [2.75, 3.05) is 7.05 Å².